The summed E-state index contributed by atoms with van der Waals surface area (Å²) in [6, 6.07) is 1.69. The van der Waals surface area contributed by atoms with Crippen LogP contribution in [0.4, 0.5) is 0 Å². The Bertz CT molecular complexity index is 382. The van der Waals surface area contributed by atoms with Gasteiger partial charge in [0.05, 0.1) is 12.1 Å². The standard InChI is InChI=1S/C14H25N3O2.2ClH/c1-3-17(4-2)8-6-5-7-16-14(18)12-9-13(10-15)19-11-12;;/h9,11H,3-8,10,15H2,1-2H3,(H,16,18);2*1H. The van der Waals surface area contributed by atoms with E-state index in [9.17, 15) is 4.79 Å². The van der Waals surface area contributed by atoms with Gasteiger partial charge in [-0.15, -0.1) is 24.8 Å². The van der Waals surface area contributed by atoms with Gasteiger partial charge in [0.1, 0.15) is 12.0 Å². The monoisotopic (exact) mass is 339 g/mol. The lowest BCUT2D eigenvalue weighted by atomic mass is 10.2. The van der Waals surface area contributed by atoms with Gasteiger partial charge in [0.25, 0.3) is 5.91 Å². The molecule has 0 bridgehead atoms. The van der Waals surface area contributed by atoms with Crippen molar-refractivity contribution < 1.29 is 9.21 Å². The van der Waals surface area contributed by atoms with E-state index < -0.39 is 0 Å². The molecule has 3 N–H and O–H groups in total. The Kier molecular flexibility index (Phi) is 13.9. The Hall–Kier alpha value is -0.750. The van der Waals surface area contributed by atoms with Crippen molar-refractivity contribution in [2.24, 2.45) is 5.73 Å². The normalized spacial score (nSPS) is 9.90. The third-order valence-corrected chi connectivity index (χ3v) is 3.20. The number of nitrogens with one attached hydrogen (secondary N) is 1. The minimum atomic E-state index is -0.0914. The van der Waals surface area contributed by atoms with Crippen molar-refractivity contribution >= 4 is 30.7 Å². The number of hydrogen-bond acceptors (Lipinski definition) is 4. The molecular formula is C14H27Cl2N3O2. The molecule has 5 nitrogen and oxygen atoms in total. The summed E-state index contributed by atoms with van der Waals surface area (Å²) in [6.45, 7) is 8.60. The largest absolute Gasteiger partial charge is 0.467 e. The van der Waals surface area contributed by atoms with Crippen molar-refractivity contribution in [1.29, 1.82) is 0 Å². The van der Waals surface area contributed by atoms with Crippen LogP contribution < -0.4 is 11.1 Å². The van der Waals surface area contributed by atoms with Crippen LogP contribution >= 0.6 is 24.8 Å². The van der Waals surface area contributed by atoms with E-state index in [0.717, 1.165) is 32.5 Å². The first-order valence-electron chi connectivity index (χ1n) is 6.99. The van der Waals surface area contributed by atoms with Gasteiger partial charge >= 0.3 is 0 Å². The summed E-state index contributed by atoms with van der Waals surface area (Å²) in [4.78, 5) is 14.1. The summed E-state index contributed by atoms with van der Waals surface area (Å²) in [5.74, 6) is 0.540. The van der Waals surface area contributed by atoms with E-state index in [1.165, 1.54) is 6.26 Å². The lowest BCUT2D eigenvalue weighted by Crippen LogP contribution is -2.27. The fourth-order valence-electron chi connectivity index (χ4n) is 1.91. The molecule has 1 aromatic rings. The first kappa shape index (κ1) is 22.5. The highest BCUT2D eigenvalue weighted by molar-refractivity contribution is 5.93. The maximum Gasteiger partial charge on any atom is 0.254 e. The molecule has 1 aromatic heterocycles. The fraction of sp³-hybridized carbons (Fsp3) is 0.643. The smallest absolute Gasteiger partial charge is 0.254 e. The van der Waals surface area contributed by atoms with Gasteiger partial charge in [0.2, 0.25) is 0 Å². The Morgan fingerprint density at radius 1 is 1.29 bits per heavy atom. The minimum absolute atomic E-state index is 0. The van der Waals surface area contributed by atoms with Crippen molar-refractivity contribution in [3.8, 4) is 0 Å². The molecule has 0 radical (unpaired) electrons. The van der Waals surface area contributed by atoms with Crippen molar-refractivity contribution in [1.82, 2.24) is 10.2 Å². The van der Waals surface area contributed by atoms with Crippen LogP contribution in [0.3, 0.4) is 0 Å². The first-order chi connectivity index (χ1) is 9.21. The van der Waals surface area contributed by atoms with E-state index in [1.54, 1.807) is 6.07 Å². The van der Waals surface area contributed by atoms with E-state index in [0.29, 0.717) is 24.4 Å². The molecule has 0 aliphatic heterocycles. The number of hydrogen-bond donors (Lipinski definition) is 2. The second-order valence-electron chi connectivity index (χ2n) is 4.50. The molecule has 0 unspecified atom stereocenters. The predicted molar refractivity (Wildman–Crippen MR) is 90.5 cm³/mol. The van der Waals surface area contributed by atoms with Gasteiger partial charge in [-0.2, -0.15) is 0 Å². The number of furan rings is 1. The van der Waals surface area contributed by atoms with Gasteiger partial charge in [0, 0.05) is 6.54 Å². The van der Waals surface area contributed by atoms with E-state index in [-0.39, 0.29) is 30.7 Å². The fourth-order valence-corrected chi connectivity index (χ4v) is 1.91. The molecule has 0 saturated carbocycles. The van der Waals surface area contributed by atoms with Gasteiger partial charge < -0.3 is 20.4 Å². The molecule has 0 aromatic carbocycles. The molecule has 1 heterocycles. The zero-order chi connectivity index (χ0) is 14.1. The SMILES string of the molecule is CCN(CC)CCCCNC(=O)c1coc(CN)c1.Cl.Cl. The predicted octanol–water partition coefficient (Wildman–Crippen LogP) is 2.43. The van der Waals surface area contributed by atoms with Crippen LogP contribution in [0.1, 0.15) is 42.8 Å². The second kappa shape index (κ2) is 13.0. The number of nitrogens with two attached hydrogens (primary N) is 1. The van der Waals surface area contributed by atoms with Crippen LogP contribution in [0.15, 0.2) is 16.7 Å². The summed E-state index contributed by atoms with van der Waals surface area (Å²) in [7, 11) is 0. The van der Waals surface area contributed by atoms with Crippen molar-refractivity contribution in [2.45, 2.75) is 33.2 Å². The molecule has 0 fully saturated rings. The zero-order valence-corrected chi connectivity index (χ0v) is 14.4. The van der Waals surface area contributed by atoms with Gasteiger partial charge in [0.15, 0.2) is 0 Å². The Morgan fingerprint density at radius 2 is 1.95 bits per heavy atom. The van der Waals surface area contributed by atoms with Crippen LogP contribution in [0.2, 0.25) is 0 Å². The molecule has 0 saturated heterocycles. The van der Waals surface area contributed by atoms with Crippen LogP contribution in [0, 0.1) is 0 Å². The molecule has 21 heavy (non-hydrogen) atoms. The number of unbranched alkanes of at least 4 members (excludes halogenated alkanes) is 1. The number of carbonyl (C=O) groups excluding carboxylic acids is 1. The van der Waals surface area contributed by atoms with Gasteiger partial charge in [-0.05, 0) is 38.5 Å². The first-order valence-corrected chi connectivity index (χ1v) is 6.99. The molecule has 0 atom stereocenters. The molecule has 1 amide bonds. The molecule has 0 aliphatic rings. The summed E-state index contributed by atoms with van der Waals surface area (Å²) in [6.07, 6.45) is 3.54. The van der Waals surface area contributed by atoms with Crippen LogP contribution in [-0.4, -0.2) is 37.0 Å². The average molecular weight is 340 g/mol. The molecular weight excluding hydrogens is 313 g/mol. The molecule has 124 valence electrons. The van der Waals surface area contributed by atoms with Gasteiger partial charge in [-0.25, -0.2) is 0 Å². The number of amides is 1. The molecule has 1 rings (SSSR count). The Labute approximate surface area is 139 Å². The number of rotatable bonds is 9. The van der Waals surface area contributed by atoms with Crippen LogP contribution in [0.5, 0.6) is 0 Å². The van der Waals surface area contributed by atoms with Crippen molar-refractivity contribution in [3.05, 3.63) is 23.7 Å². The topological polar surface area (TPSA) is 71.5 Å². The summed E-state index contributed by atoms with van der Waals surface area (Å²) < 4.78 is 5.13. The third-order valence-electron chi connectivity index (χ3n) is 3.20. The van der Waals surface area contributed by atoms with Gasteiger partial charge in [-0.3, -0.25) is 4.79 Å². The summed E-state index contributed by atoms with van der Waals surface area (Å²) in [5, 5.41) is 2.89. The summed E-state index contributed by atoms with van der Waals surface area (Å²) >= 11 is 0. The lowest BCUT2D eigenvalue weighted by molar-refractivity contribution is 0.0952. The molecule has 7 heteroatoms. The summed E-state index contributed by atoms with van der Waals surface area (Å²) in [5.41, 5.74) is 5.97. The van der Waals surface area contributed by atoms with Crippen LogP contribution in [-0.2, 0) is 6.54 Å². The Morgan fingerprint density at radius 3 is 2.48 bits per heavy atom. The zero-order valence-electron chi connectivity index (χ0n) is 12.8. The number of carbonyl (C=O) groups is 1. The van der Waals surface area contributed by atoms with E-state index in [1.807, 2.05) is 0 Å². The molecule has 0 spiro atoms. The quantitative estimate of drug-likeness (QED) is 0.678. The van der Waals surface area contributed by atoms with Crippen LogP contribution in [0.25, 0.3) is 0 Å². The van der Waals surface area contributed by atoms with E-state index in [4.69, 9.17) is 10.2 Å². The highest BCUT2D eigenvalue weighted by Gasteiger charge is 2.08. The Balaban J connectivity index is 0. The van der Waals surface area contributed by atoms with E-state index >= 15 is 0 Å². The number of nitrogens with zero attached hydrogens (tertiary/aromatic N) is 1. The maximum absolute atomic E-state index is 11.8. The maximum atomic E-state index is 11.8. The highest BCUT2D eigenvalue weighted by atomic mass is 35.5. The van der Waals surface area contributed by atoms with Gasteiger partial charge in [-0.1, -0.05) is 13.8 Å². The van der Waals surface area contributed by atoms with Crippen molar-refractivity contribution in [2.75, 3.05) is 26.2 Å². The van der Waals surface area contributed by atoms with E-state index in [2.05, 4.69) is 24.1 Å². The molecule has 0 aliphatic carbocycles. The minimum Gasteiger partial charge on any atom is -0.467 e. The lowest BCUT2D eigenvalue weighted by Gasteiger charge is -2.17. The average Bonchev–Trinajstić information content (AvgIpc) is 2.91. The van der Waals surface area contributed by atoms with Crippen molar-refractivity contribution in [3.63, 3.8) is 0 Å². The highest BCUT2D eigenvalue weighted by Crippen LogP contribution is 2.06. The third kappa shape index (κ3) is 8.31. The second-order valence-corrected chi connectivity index (χ2v) is 4.50. The number of halogens is 2.